The number of alkyl carbamates (subject to hydrolysis) is 1. The van der Waals surface area contributed by atoms with Crippen molar-refractivity contribution in [1.29, 1.82) is 0 Å². The predicted octanol–water partition coefficient (Wildman–Crippen LogP) is 2.43. The van der Waals surface area contributed by atoms with Gasteiger partial charge in [0.25, 0.3) is 5.91 Å². The minimum absolute atomic E-state index is 0.163. The first-order chi connectivity index (χ1) is 9.54. The van der Waals surface area contributed by atoms with E-state index in [0.717, 1.165) is 18.6 Å². The van der Waals surface area contributed by atoms with Crippen LogP contribution in [0.5, 0.6) is 5.75 Å². The van der Waals surface area contributed by atoms with Crippen LogP contribution in [0.2, 0.25) is 0 Å². The van der Waals surface area contributed by atoms with Gasteiger partial charge in [0.15, 0.2) is 6.10 Å². The zero-order chi connectivity index (χ0) is 14.5. The van der Waals surface area contributed by atoms with Crippen LogP contribution < -0.4 is 10.1 Å². The minimum atomic E-state index is -0.643. The molecule has 1 N–H and O–H groups in total. The van der Waals surface area contributed by atoms with Crippen LogP contribution in [0.4, 0.5) is 4.79 Å². The number of aryl methyl sites for hydroxylation is 1. The van der Waals surface area contributed by atoms with Crippen LogP contribution in [0.15, 0.2) is 24.3 Å². The topological polar surface area (TPSA) is 64.6 Å². The van der Waals surface area contributed by atoms with E-state index < -0.39 is 12.2 Å². The van der Waals surface area contributed by atoms with Gasteiger partial charge in [0.05, 0.1) is 6.10 Å². The summed E-state index contributed by atoms with van der Waals surface area (Å²) < 4.78 is 10.4. The van der Waals surface area contributed by atoms with Gasteiger partial charge in [-0.1, -0.05) is 12.1 Å². The molecular formula is C15H19NO4. The van der Waals surface area contributed by atoms with E-state index in [-0.39, 0.29) is 12.0 Å². The average molecular weight is 277 g/mol. The number of rotatable bonds is 6. The number of cyclic esters (lactones) is 1. The molecule has 2 rings (SSSR count). The van der Waals surface area contributed by atoms with Crippen LogP contribution in [0.1, 0.15) is 32.3 Å². The molecule has 1 fully saturated rings. The Morgan fingerprint density at radius 2 is 1.95 bits per heavy atom. The second-order valence-electron chi connectivity index (χ2n) is 5.09. The maximum atomic E-state index is 11.3. The summed E-state index contributed by atoms with van der Waals surface area (Å²) in [6.07, 6.45) is 1.05. The SMILES string of the molecule is CC(C)Oc1ccc(CCC[C@H]2OC(=O)NC2=O)cc1. The van der Waals surface area contributed by atoms with Crippen molar-refractivity contribution in [3.8, 4) is 5.75 Å². The maximum Gasteiger partial charge on any atom is 0.414 e. The molecule has 1 aromatic carbocycles. The molecule has 0 radical (unpaired) electrons. The van der Waals surface area contributed by atoms with Gasteiger partial charge in [0, 0.05) is 0 Å². The van der Waals surface area contributed by atoms with Gasteiger partial charge in [-0.2, -0.15) is 0 Å². The summed E-state index contributed by atoms with van der Waals surface area (Å²) in [5.41, 5.74) is 1.17. The normalized spacial score (nSPS) is 18.1. The number of hydrogen-bond donors (Lipinski definition) is 1. The van der Waals surface area contributed by atoms with E-state index in [2.05, 4.69) is 5.32 Å². The summed E-state index contributed by atoms with van der Waals surface area (Å²) in [7, 11) is 0. The van der Waals surface area contributed by atoms with Gasteiger partial charge in [0.2, 0.25) is 0 Å². The van der Waals surface area contributed by atoms with Crippen LogP contribution in [-0.4, -0.2) is 24.2 Å². The van der Waals surface area contributed by atoms with Gasteiger partial charge in [0.1, 0.15) is 5.75 Å². The molecule has 1 aliphatic rings. The molecule has 1 atom stereocenters. The molecule has 5 nitrogen and oxygen atoms in total. The monoisotopic (exact) mass is 277 g/mol. The zero-order valence-electron chi connectivity index (χ0n) is 11.7. The van der Waals surface area contributed by atoms with Crippen molar-refractivity contribution in [1.82, 2.24) is 5.32 Å². The Morgan fingerprint density at radius 1 is 1.25 bits per heavy atom. The van der Waals surface area contributed by atoms with Gasteiger partial charge < -0.3 is 9.47 Å². The largest absolute Gasteiger partial charge is 0.491 e. The Hall–Kier alpha value is -2.04. The minimum Gasteiger partial charge on any atom is -0.491 e. The molecule has 20 heavy (non-hydrogen) atoms. The number of ether oxygens (including phenoxy) is 2. The molecule has 1 saturated heterocycles. The van der Waals surface area contributed by atoms with E-state index in [1.165, 1.54) is 5.56 Å². The van der Waals surface area contributed by atoms with Crippen molar-refractivity contribution >= 4 is 12.0 Å². The first-order valence-electron chi connectivity index (χ1n) is 6.81. The third kappa shape index (κ3) is 3.98. The van der Waals surface area contributed by atoms with Gasteiger partial charge in [-0.3, -0.25) is 10.1 Å². The van der Waals surface area contributed by atoms with Crippen molar-refractivity contribution in [2.75, 3.05) is 0 Å². The highest BCUT2D eigenvalue weighted by molar-refractivity contribution is 5.99. The zero-order valence-corrected chi connectivity index (χ0v) is 11.7. The lowest BCUT2D eigenvalue weighted by Gasteiger charge is -2.10. The van der Waals surface area contributed by atoms with Crippen LogP contribution in [0.25, 0.3) is 0 Å². The highest BCUT2D eigenvalue weighted by Crippen LogP contribution is 2.16. The highest BCUT2D eigenvalue weighted by Gasteiger charge is 2.31. The summed E-state index contributed by atoms with van der Waals surface area (Å²) in [5, 5.41) is 2.12. The lowest BCUT2D eigenvalue weighted by atomic mass is 10.1. The lowest BCUT2D eigenvalue weighted by molar-refractivity contribution is -0.123. The fraction of sp³-hybridized carbons (Fsp3) is 0.467. The second kappa shape index (κ2) is 6.41. The third-order valence-electron chi connectivity index (χ3n) is 2.99. The number of amides is 2. The number of carbonyl (C=O) groups excluding carboxylic acids is 2. The van der Waals surface area contributed by atoms with Crippen LogP contribution in [0, 0.1) is 0 Å². The lowest BCUT2D eigenvalue weighted by Crippen LogP contribution is -2.24. The van der Waals surface area contributed by atoms with Gasteiger partial charge in [-0.25, -0.2) is 4.79 Å². The van der Waals surface area contributed by atoms with E-state index >= 15 is 0 Å². The van der Waals surface area contributed by atoms with E-state index in [9.17, 15) is 9.59 Å². The average Bonchev–Trinajstić information content (AvgIpc) is 2.69. The third-order valence-corrected chi connectivity index (χ3v) is 2.99. The molecule has 5 heteroatoms. The summed E-state index contributed by atoms with van der Waals surface area (Å²) in [6, 6.07) is 7.91. The number of benzene rings is 1. The summed E-state index contributed by atoms with van der Waals surface area (Å²) in [4.78, 5) is 22.2. The van der Waals surface area contributed by atoms with Gasteiger partial charge >= 0.3 is 6.09 Å². The number of hydrogen-bond acceptors (Lipinski definition) is 4. The molecule has 1 heterocycles. The smallest absolute Gasteiger partial charge is 0.414 e. The molecule has 0 aromatic heterocycles. The molecule has 0 saturated carbocycles. The molecule has 0 aliphatic carbocycles. The fourth-order valence-electron chi connectivity index (χ4n) is 2.08. The Balaban J connectivity index is 1.77. The van der Waals surface area contributed by atoms with Crippen LogP contribution in [-0.2, 0) is 16.0 Å². The first kappa shape index (κ1) is 14.4. The van der Waals surface area contributed by atoms with E-state index in [4.69, 9.17) is 9.47 Å². The number of nitrogens with one attached hydrogen (secondary N) is 1. The molecular weight excluding hydrogens is 258 g/mol. The van der Waals surface area contributed by atoms with E-state index in [0.29, 0.717) is 6.42 Å². The van der Waals surface area contributed by atoms with Crippen molar-refractivity contribution in [3.63, 3.8) is 0 Å². The molecule has 0 spiro atoms. The van der Waals surface area contributed by atoms with Crippen LogP contribution in [0.3, 0.4) is 0 Å². The predicted molar refractivity (Wildman–Crippen MR) is 73.6 cm³/mol. The van der Waals surface area contributed by atoms with Crippen molar-refractivity contribution in [2.24, 2.45) is 0 Å². The Bertz CT molecular complexity index is 481. The fourth-order valence-corrected chi connectivity index (χ4v) is 2.08. The highest BCUT2D eigenvalue weighted by atomic mass is 16.6. The summed E-state index contributed by atoms with van der Waals surface area (Å²) in [5.74, 6) is 0.517. The number of carbonyl (C=O) groups is 2. The summed E-state index contributed by atoms with van der Waals surface area (Å²) >= 11 is 0. The van der Waals surface area contributed by atoms with E-state index in [1.54, 1.807) is 0 Å². The Labute approximate surface area is 118 Å². The Kier molecular flexibility index (Phi) is 4.61. The Morgan fingerprint density at radius 3 is 2.50 bits per heavy atom. The van der Waals surface area contributed by atoms with Crippen molar-refractivity contribution < 1.29 is 19.1 Å². The quantitative estimate of drug-likeness (QED) is 0.867. The number of imide groups is 1. The maximum absolute atomic E-state index is 11.3. The molecule has 0 bridgehead atoms. The van der Waals surface area contributed by atoms with Crippen molar-refractivity contribution in [3.05, 3.63) is 29.8 Å². The summed E-state index contributed by atoms with van der Waals surface area (Å²) in [6.45, 7) is 3.98. The van der Waals surface area contributed by atoms with Gasteiger partial charge in [-0.05, 0) is 50.8 Å². The molecule has 1 aromatic rings. The van der Waals surface area contributed by atoms with E-state index in [1.807, 2.05) is 38.1 Å². The first-order valence-corrected chi connectivity index (χ1v) is 6.81. The van der Waals surface area contributed by atoms with Crippen LogP contribution >= 0.6 is 0 Å². The molecule has 0 unspecified atom stereocenters. The molecule has 108 valence electrons. The van der Waals surface area contributed by atoms with Gasteiger partial charge in [-0.15, -0.1) is 0 Å². The molecule has 2 amide bonds. The molecule has 1 aliphatic heterocycles. The second-order valence-corrected chi connectivity index (χ2v) is 5.09. The van der Waals surface area contributed by atoms with Crippen molar-refractivity contribution in [2.45, 2.75) is 45.3 Å². The standard InChI is InChI=1S/C15H19NO4/c1-10(2)19-12-8-6-11(7-9-12)4-3-5-13-14(17)16-15(18)20-13/h6-10,13H,3-5H2,1-2H3,(H,16,17,18)/t13-/m1/s1.